The molecular weight excluding hydrogens is 260 g/mol. The van der Waals surface area contributed by atoms with E-state index in [1.807, 2.05) is 0 Å². The molecule has 108 valence electrons. The van der Waals surface area contributed by atoms with Crippen LogP contribution in [0.5, 0.6) is 0 Å². The van der Waals surface area contributed by atoms with Gasteiger partial charge in [0.15, 0.2) is 0 Å². The first-order chi connectivity index (χ1) is 9.27. The van der Waals surface area contributed by atoms with Crippen LogP contribution in [0.1, 0.15) is 25.7 Å². The highest BCUT2D eigenvalue weighted by Gasteiger charge is 2.21. The zero-order chi connectivity index (χ0) is 15.7. The van der Waals surface area contributed by atoms with Gasteiger partial charge in [0.25, 0.3) is 0 Å². The monoisotopic (exact) mass is 277 g/mol. The minimum absolute atomic E-state index is 0.185. The largest absolute Gasteiger partial charge is 0.481 e. The number of hydrogen-bond acceptors (Lipinski definition) is 5. The van der Waals surface area contributed by atoms with Gasteiger partial charge in [0.1, 0.15) is 13.5 Å². The normalized spacial score (nSPS) is 14.0. The van der Waals surface area contributed by atoms with Crippen molar-refractivity contribution in [1.82, 2.24) is 5.32 Å². The van der Waals surface area contributed by atoms with Crippen LogP contribution < -0.4 is 11.0 Å². The van der Waals surface area contributed by atoms with Gasteiger partial charge in [-0.2, -0.15) is 0 Å². The molecule has 0 heterocycles. The maximum absolute atomic E-state index is 11.4. The van der Waals surface area contributed by atoms with E-state index in [1.54, 1.807) is 5.73 Å². The zero-order valence-corrected chi connectivity index (χ0v) is 9.96. The third kappa shape index (κ3) is 7.71. The van der Waals surface area contributed by atoms with Crippen molar-refractivity contribution < 1.29 is 35.9 Å². The predicted octanol–water partition coefficient (Wildman–Crippen LogP) is -1.39. The summed E-state index contributed by atoms with van der Waals surface area (Å²) < 4.78 is 6.74. The average molecular weight is 277 g/mol. The highest BCUT2D eigenvalue weighted by Crippen LogP contribution is 2.01. The molecule has 0 radical (unpaired) electrons. The van der Waals surface area contributed by atoms with E-state index >= 15 is 0 Å². The maximum Gasteiger partial charge on any atom is 0.326 e. The molecule has 0 spiro atoms. The summed E-state index contributed by atoms with van der Waals surface area (Å²) >= 11 is 0. The molecule has 0 saturated carbocycles. The van der Waals surface area contributed by atoms with E-state index < -0.39 is 42.3 Å². The minimum Gasteiger partial charge on any atom is -0.481 e. The first-order valence-electron chi connectivity index (χ1n) is 5.92. The number of amides is 1. The van der Waals surface area contributed by atoms with Gasteiger partial charge < -0.3 is 26.4 Å². The van der Waals surface area contributed by atoms with Gasteiger partial charge in [-0.25, -0.2) is 4.79 Å². The standard InChI is InChI=1S/C10H16N2O7/c11-5(9(16)17)1-3-7(13)12-6(10(18)19)2-4-8(14)15/h5-6H,1-4,11H2,(H,12,13)(H,14,15)(H,16,17)(H,18,19)/t5-,6-/m0/s1/i/hD. The van der Waals surface area contributed by atoms with E-state index in [-0.39, 0.29) is 19.3 Å². The Balaban J connectivity index is 4.29. The minimum atomic E-state index is -1.37. The van der Waals surface area contributed by atoms with E-state index in [2.05, 4.69) is 5.32 Å². The average Bonchev–Trinajstić information content (AvgIpc) is 2.34. The second-order valence-electron chi connectivity index (χ2n) is 3.82. The lowest BCUT2D eigenvalue weighted by Crippen LogP contribution is -2.42. The molecule has 0 rings (SSSR count). The lowest BCUT2D eigenvalue weighted by Gasteiger charge is -2.14. The van der Waals surface area contributed by atoms with Gasteiger partial charge in [0.2, 0.25) is 5.91 Å². The van der Waals surface area contributed by atoms with Gasteiger partial charge >= 0.3 is 17.9 Å². The summed E-state index contributed by atoms with van der Waals surface area (Å²) in [6.45, 7) is 0. The van der Waals surface area contributed by atoms with Crippen LogP contribution >= 0.6 is 0 Å². The van der Waals surface area contributed by atoms with Gasteiger partial charge in [-0.3, -0.25) is 14.4 Å². The Labute approximate surface area is 109 Å². The molecule has 2 atom stereocenters. The molecule has 9 nitrogen and oxygen atoms in total. The molecule has 0 aromatic rings. The molecule has 0 aliphatic heterocycles. The number of nitrogens with two attached hydrogens (primary N) is 1. The van der Waals surface area contributed by atoms with Crippen molar-refractivity contribution >= 4 is 23.8 Å². The maximum atomic E-state index is 11.4. The predicted molar refractivity (Wildman–Crippen MR) is 61.3 cm³/mol. The van der Waals surface area contributed by atoms with Crippen molar-refractivity contribution in [3.05, 3.63) is 0 Å². The molecule has 0 aliphatic carbocycles. The molecule has 9 heteroatoms. The fraction of sp³-hybridized carbons (Fsp3) is 0.600. The molecule has 0 fully saturated rings. The highest BCUT2D eigenvalue weighted by atomic mass is 16.4. The third-order valence-electron chi connectivity index (χ3n) is 2.24. The number of carbonyl (C=O) groups is 4. The Morgan fingerprint density at radius 2 is 1.68 bits per heavy atom. The Morgan fingerprint density at radius 1 is 1.05 bits per heavy atom. The fourth-order valence-corrected chi connectivity index (χ4v) is 1.19. The first kappa shape index (κ1) is 14.9. The molecule has 0 saturated heterocycles. The summed E-state index contributed by atoms with van der Waals surface area (Å²) in [6, 6.07) is -2.58. The van der Waals surface area contributed by atoms with E-state index in [1.165, 1.54) is 0 Å². The van der Waals surface area contributed by atoms with Gasteiger partial charge in [-0.05, 0) is 12.8 Å². The van der Waals surface area contributed by atoms with Gasteiger partial charge in [-0.15, -0.1) is 0 Å². The molecule has 6 N–H and O–H groups in total. The van der Waals surface area contributed by atoms with Crippen molar-refractivity contribution in [2.75, 3.05) is 0 Å². The van der Waals surface area contributed by atoms with Crippen LogP contribution in [-0.4, -0.2) is 51.2 Å². The quantitative estimate of drug-likeness (QED) is 0.325. The number of carbonyl (C=O) groups excluding carboxylic acids is 1. The SMILES string of the molecule is [2H]N[C@@H](CCC(=O)N[C@@H](CCC(=O)O)C(=O)O)C(=O)O. The van der Waals surface area contributed by atoms with Crippen LogP contribution in [-0.2, 0) is 19.2 Å². The van der Waals surface area contributed by atoms with Crippen LogP contribution in [0, 0.1) is 0 Å². The van der Waals surface area contributed by atoms with Crippen LogP contribution in [0.15, 0.2) is 0 Å². The summed E-state index contributed by atoms with van der Waals surface area (Å²) in [7, 11) is 0. The molecule has 0 unspecified atom stereocenters. The van der Waals surface area contributed by atoms with Crippen molar-refractivity contribution in [2.45, 2.75) is 37.8 Å². The third-order valence-corrected chi connectivity index (χ3v) is 2.24. The van der Waals surface area contributed by atoms with Crippen LogP contribution in [0.2, 0.25) is 1.41 Å². The van der Waals surface area contributed by atoms with Gasteiger partial charge in [-0.1, -0.05) is 0 Å². The van der Waals surface area contributed by atoms with E-state index in [4.69, 9.17) is 16.7 Å². The second kappa shape index (κ2) is 8.03. The molecule has 1 amide bonds. The molecular formula is C10H16N2O7. The number of hydrogen-bond donors (Lipinski definition) is 5. The molecule has 0 aromatic carbocycles. The lowest BCUT2D eigenvalue weighted by molar-refractivity contribution is -0.143. The first-order valence-corrected chi connectivity index (χ1v) is 5.42. The number of nitrogens with one attached hydrogen (secondary N) is 1. The van der Waals surface area contributed by atoms with Crippen molar-refractivity contribution in [2.24, 2.45) is 5.73 Å². The van der Waals surface area contributed by atoms with Crippen molar-refractivity contribution in [1.29, 1.82) is 0 Å². The van der Waals surface area contributed by atoms with Crippen LogP contribution in [0.3, 0.4) is 0 Å². The van der Waals surface area contributed by atoms with Gasteiger partial charge in [0.05, 0.1) is 0 Å². The molecule has 0 aliphatic rings. The Hall–Kier alpha value is -2.16. The molecule has 0 aromatic heterocycles. The zero-order valence-electron chi connectivity index (χ0n) is 11.0. The number of rotatable bonds is 10. The Bertz CT molecular complexity index is 388. The van der Waals surface area contributed by atoms with Gasteiger partial charge in [0, 0.05) is 12.8 Å². The highest BCUT2D eigenvalue weighted by molar-refractivity contribution is 5.84. The van der Waals surface area contributed by atoms with Crippen molar-refractivity contribution in [3.63, 3.8) is 0 Å². The van der Waals surface area contributed by atoms with E-state index in [0.717, 1.165) is 0 Å². The smallest absolute Gasteiger partial charge is 0.326 e. The molecule has 0 bridgehead atoms. The number of aliphatic carboxylic acids is 3. The van der Waals surface area contributed by atoms with E-state index in [0.29, 0.717) is 0 Å². The summed E-state index contributed by atoms with van der Waals surface area (Å²) in [5, 5.41) is 28.0. The summed E-state index contributed by atoms with van der Waals surface area (Å²) in [4.78, 5) is 43.2. The van der Waals surface area contributed by atoms with Crippen LogP contribution in [0.25, 0.3) is 0 Å². The summed E-state index contributed by atoms with van der Waals surface area (Å²) in [5.74, 6) is -4.57. The Morgan fingerprint density at radius 3 is 2.11 bits per heavy atom. The van der Waals surface area contributed by atoms with Crippen LogP contribution in [0.4, 0.5) is 0 Å². The molecule has 19 heavy (non-hydrogen) atoms. The second-order valence-corrected chi connectivity index (χ2v) is 3.82. The number of carboxylic acids is 3. The summed E-state index contributed by atoms with van der Waals surface area (Å²) in [5.41, 5.74) is 1.75. The lowest BCUT2D eigenvalue weighted by atomic mass is 10.1. The number of carboxylic acid groups (broad SMARTS) is 3. The topological polar surface area (TPSA) is 167 Å². The van der Waals surface area contributed by atoms with E-state index in [9.17, 15) is 19.2 Å². The summed E-state index contributed by atoms with van der Waals surface area (Å²) in [6.07, 6.45) is -1.16. The van der Waals surface area contributed by atoms with Crippen molar-refractivity contribution in [3.8, 4) is 0 Å². The Kier molecular flexibility index (Phi) is 6.30. The fourth-order valence-electron chi connectivity index (χ4n) is 1.19.